The molecule has 6 nitrogen and oxygen atoms in total. The van der Waals surface area contributed by atoms with Crippen LogP contribution in [0.3, 0.4) is 0 Å². The number of nitrogens with zero attached hydrogens (tertiary/aromatic N) is 5. The Hall–Kier alpha value is -2.48. The van der Waals surface area contributed by atoms with Crippen molar-refractivity contribution in [3.63, 3.8) is 0 Å². The summed E-state index contributed by atoms with van der Waals surface area (Å²) in [5.41, 5.74) is 4.26. The van der Waals surface area contributed by atoms with Crippen molar-refractivity contribution in [1.29, 1.82) is 0 Å². The zero-order valence-corrected chi connectivity index (χ0v) is 17.2. The summed E-state index contributed by atoms with van der Waals surface area (Å²) in [5.74, 6) is 1.65. The van der Waals surface area contributed by atoms with Gasteiger partial charge in [-0.15, -0.1) is 0 Å². The predicted octanol–water partition coefficient (Wildman–Crippen LogP) is 3.71. The monoisotopic (exact) mass is 405 g/mol. The second kappa shape index (κ2) is 8.10. The van der Waals surface area contributed by atoms with E-state index >= 15 is 0 Å². The number of hydrogen-bond donors (Lipinski definition) is 0. The van der Waals surface area contributed by atoms with Crippen LogP contribution in [0, 0.1) is 6.92 Å². The lowest BCUT2D eigenvalue weighted by molar-refractivity contribution is 0.0330. The summed E-state index contributed by atoms with van der Waals surface area (Å²) in [6.45, 7) is 6.27. The van der Waals surface area contributed by atoms with Crippen molar-refractivity contribution in [2.24, 2.45) is 0 Å². The van der Waals surface area contributed by atoms with Crippen molar-refractivity contribution in [1.82, 2.24) is 24.3 Å². The molecular formula is C22H23N5OS. The Morgan fingerprint density at radius 1 is 1.03 bits per heavy atom. The van der Waals surface area contributed by atoms with Gasteiger partial charge in [-0.05, 0) is 24.6 Å². The van der Waals surface area contributed by atoms with E-state index in [1.54, 1.807) is 11.8 Å². The topological polar surface area (TPSA) is 55.5 Å². The van der Waals surface area contributed by atoms with Crippen LogP contribution in [0.2, 0.25) is 0 Å². The summed E-state index contributed by atoms with van der Waals surface area (Å²) in [6, 6.07) is 12.4. The number of morpholine rings is 1. The van der Waals surface area contributed by atoms with Gasteiger partial charge in [0, 0.05) is 36.6 Å². The van der Waals surface area contributed by atoms with Crippen LogP contribution in [-0.2, 0) is 17.0 Å². The Balaban J connectivity index is 1.42. The molecule has 0 unspecified atom stereocenters. The Morgan fingerprint density at radius 3 is 2.76 bits per heavy atom. The van der Waals surface area contributed by atoms with E-state index in [-0.39, 0.29) is 0 Å². The van der Waals surface area contributed by atoms with E-state index in [9.17, 15) is 0 Å². The first-order valence-corrected chi connectivity index (χ1v) is 10.9. The fourth-order valence-electron chi connectivity index (χ4n) is 3.65. The highest BCUT2D eigenvalue weighted by Gasteiger charge is 2.15. The minimum absolute atomic E-state index is 0.759. The number of aryl methyl sites for hydroxylation is 1. The molecule has 0 atom stereocenters. The molecule has 1 fully saturated rings. The lowest BCUT2D eigenvalue weighted by Gasteiger charge is -2.25. The van der Waals surface area contributed by atoms with Gasteiger partial charge in [0.25, 0.3) is 0 Å². The maximum Gasteiger partial charge on any atom is 0.144 e. The van der Waals surface area contributed by atoms with E-state index in [0.29, 0.717) is 0 Å². The van der Waals surface area contributed by atoms with Crippen molar-refractivity contribution >= 4 is 28.3 Å². The lowest BCUT2D eigenvalue weighted by Crippen LogP contribution is -2.36. The predicted molar refractivity (Wildman–Crippen MR) is 115 cm³/mol. The standard InChI is InChI=1S/C22H23N5OS/c1-16-5-4-8-27-13-17(23-21(16)27)15-29-22-18-6-2-3-7-19(18)24-20(25-22)14-26-9-11-28-12-10-26/h2-8,13H,9-12,14-15H2,1H3. The molecule has 3 aromatic heterocycles. The molecule has 0 N–H and O–H groups in total. The first kappa shape index (κ1) is 18.5. The third kappa shape index (κ3) is 3.99. The number of para-hydroxylation sites is 1. The van der Waals surface area contributed by atoms with Gasteiger partial charge in [0.1, 0.15) is 16.5 Å². The fourth-order valence-corrected chi connectivity index (χ4v) is 4.57. The van der Waals surface area contributed by atoms with E-state index in [1.165, 1.54) is 5.56 Å². The van der Waals surface area contributed by atoms with Crippen molar-refractivity contribution < 1.29 is 4.74 Å². The van der Waals surface area contributed by atoms with Gasteiger partial charge in [-0.3, -0.25) is 4.90 Å². The molecule has 148 valence electrons. The molecule has 1 saturated heterocycles. The molecule has 4 aromatic rings. The average Bonchev–Trinajstić information content (AvgIpc) is 3.17. The normalized spacial score (nSPS) is 15.3. The van der Waals surface area contributed by atoms with Gasteiger partial charge in [-0.2, -0.15) is 0 Å². The molecule has 1 aromatic carbocycles. The number of imidazole rings is 1. The van der Waals surface area contributed by atoms with Crippen LogP contribution in [0.1, 0.15) is 17.1 Å². The second-order valence-electron chi connectivity index (χ2n) is 7.29. The first-order chi connectivity index (χ1) is 14.3. The summed E-state index contributed by atoms with van der Waals surface area (Å²) >= 11 is 1.73. The molecule has 0 saturated carbocycles. The van der Waals surface area contributed by atoms with Crippen LogP contribution in [0.25, 0.3) is 16.6 Å². The average molecular weight is 406 g/mol. The summed E-state index contributed by atoms with van der Waals surface area (Å²) < 4.78 is 7.55. The minimum Gasteiger partial charge on any atom is -0.379 e. The van der Waals surface area contributed by atoms with Gasteiger partial charge in [0.05, 0.1) is 31.0 Å². The van der Waals surface area contributed by atoms with Gasteiger partial charge >= 0.3 is 0 Å². The lowest BCUT2D eigenvalue weighted by atomic mass is 10.2. The third-order valence-electron chi connectivity index (χ3n) is 5.17. The van der Waals surface area contributed by atoms with E-state index in [0.717, 1.165) is 71.7 Å². The second-order valence-corrected chi connectivity index (χ2v) is 8.26. The molecule has 1 aliphatic heterocycles. The largest absolute Gasteiger partial charge is 0.379 e. The van der Waals surface area contributed by atoms with Crippen LogP contribution in [0.4, 0.5) is 0 Å². The molecule has 4 heterocycles. The van der Waals surface area contributed by atoms with E-state index in [2.05, 4.69) is 46.7 Å². The number of benzene rings is 1. The third-order valence-corrected chi connectivity index (χ3v) is 6.19. The zero-order chi connectivity index (χ0) is 19.6. The van der Waals surface area contributed by atoms with Crippen LogP contribution in [0.5, 0.6) is 0 Å². The maximum absolute atomic E-state index is 5.46. The Bertz CT molecular complexity index is 1150. The van der Waals surface area contributed by atoms with Gasteiger partial charge in [-0.1, -0.05) is 36.0 Å². The number of fused-ring (bicyclic) bond motifs is 2. The van der Waals surface area contributed by atoms with Crippen LogP contribution in [-0.4, -0.2) is 50.6 Å². The van der Waals surface area contributed by atoms with Crippen LogP contribution in [0.15, 0.2) is 53.8 Å². The molecule has 29 heavy (non-hydrogen) atoms. The Morgan fingerprint density at radius 2 is 1.90 bits per heavy atom. The van der Waals surface area contributed by atoms with Gasteiger partial charge in [-0.25, -0.2) is 15.0 Å². The Labute approximate surface area is 173 Å². The number of hydrogen-bond acceptors (Lipinski definition) is 6. The molecule has 0 radical (unpaired) electrons. The molecule has 0 aliphatic carbocycles. The summed E-state index contributed by atoms with van der Waals surface area (Å²) in [6.07, 6.45) is 4.15. The van der Waals surface area contributed by atoms with E-state index in [1.807, 2.05) is 18.3 Å². The first-order valence-electron chi connectivity index (χ1n) is 9.88. The molecule has 5 rings (SSSR count). The molecule has 0 bridgehead atoms. The number of pyridine rings is 1. The number of ether oxygens (including phenoxy) is 1. The van der Waals surface area contributed by atoms with E-state index < -0.39 is 0 Å². The number of aromatic nitrogens is 4. The maximum atomic E-state index is 5.46. The number of thioether (sulfide) groups is 1. The molecule has 0 spiro atoms. The van der Waals surface area contributed by atoms with Gasteiger partial charge in [0.15, 0.2) is 0 Å². The van der Waals surface area contributed by atoms with Crippen molar-refractivity contribution in [3.8, 4) is 0 Å². The van der Waals surface area contributed by atoms with Crippen LogP contribution < -0.4 is 0 Å². The van der Waals surface area contributed by atoms with E-state index in [4.69, 9.17) is 19.7 Å². The minimum atomic E-state index is 0.759. The summed E-state index contributed by atoms with van der Waals surface area (Å²) in [5, 5.41) is 2.12. The van der Waals surface area contributed by atoms with Gasteiger partial charge < -0.3 is 9.14 Å². The summed E-state index contributed by atoms with van der Waals surface area (Å²) in [4.78, 5) is 16.9. The van der Waals surface area contributed by atoms with Crippen LogP contribution >= 0.6 is 11.8 Å². The highest BCUT2D eigenvalue weighted by atomic mass is 32.2. The fraction of sp³-hybridized carbons (Fsp3) is 0.318. The highest BCUT2D eigenvalue weighted by molar-refractivity contribution is 7.98. The van der Waals surface area contributed by atoms with Crippen molar-refractivity contribution in [2.45, 2.75) is 24.2 Å². The number of rotatable bonds is 5. The highest BCUT2D eigenvalue weighted by Crippen LogP contribution is 2.28. The Kier molecular flexibility index (Phi) is 5.18. The van der Waals surface area contributed by atoms with Crippen molar-refractivity contribution in [2.75, 3.05) is 26.3 Å². The molecule has 1 aliphatic rings. The SMILES string of the molecule is Cc1cccn2cc(CSc3nc(CN4CCOCC4)nc4ccccc34)nc12. The zero-order valence-electron chi connectivity index (χ0n) is 16.4. The summed E-state index contributed by atoms with van der Waals surface area (Å²) in [7, 11) is 0. The quantitative estimate of drug-likeness (QED) is 0.373. The van der Waals surface area contributed by atoms with Gasteiger partial charge in [0.2, 0.25) is 0 Å². The molecule has 0 amide bonds. The smallest absolute Gasteiger partial charge is 0.144 e. The molecular weight excluding hydrogens is 382 g/mol. The van der Waals surface area contributed by atoms with Crippen molar-refractivity contribution in [3.05, 3.63) is 65.9 Å². The molecule has 7 heteroatoms.